The van der Waals surface area contributed by atoms with Gasteiger partial charge in [0.2, 0.25) is 5.91 Å². The summed E-state index contributed by atoms with van der Waals surface area (Å²) in [5.74, 6) is 0.271. The Balaban J connectivity index is 2.08. The molecule has 0 aliphatic heterocycles. The maximum atomic E-state index is 13.0. The normalized spacial score (nSPS) is 12.7. The maximum Gasteiger partial charge on any atom is 0.261 e. The fourth-order valence-corrected chi connectivity index (χ4v) is 3.22. The molecule has 2 aromatic carbocycles. The van der Waals surface area contributed by atoms with E-state index in [1.165, 1.54) is 0 Å². The summed E-state index contributed by atoms with van der Waals surface area (Å²) in [6.07, 6.45) is 1.51. The van der Waals surface area contributed by atoms with Crippen LogP contribution in [0.15, 0.2) is 53.0 Å². The molecule has 6 heteroatoms. The molecular weight excluding hydrogens is 444 g/mol. The Morgan fingerprint density at radius 1 is 1.13 bits per heavy atom. The van der Waals surface area contributed by atoms with Crippen molar-refractivity contribution in [2.45, 2.75) is 52.6 Å². The molecule has 0 aliphatic carbocycles. The lowest BCUT2D eigenvalue weighted by Crippen LogP contribution is -2.51. The largest absolute Gasteiger partial charge is 0.484 e. The van der Waals surface area contributed by atoms with E-state index < -0.39 is 6.04 Å². The lowest BCUT2D eigenvalue weighted by Gasteiger charge is -2.29. The van der Waals surface area contributed by atoms with Crippen LogP contribution in [0.1, 0.15) is 38.3 Å². The Hall–Kier alpha value is -2.34. The number of carbonyl (C=O) groups excluding carboxylic acids is 2. The summed E-state index contributed by atoms with van der Waals surface area (Å²) in [4.78, 5) is 27.3. The molecule has 0 aromatic heterocycles. The lowest BCUT2D eigenvalue weighted by molar-refractivity contribution is -0.141. The Bertz CT molecular complexity index is 842. The van der Waals surface area contributed by atoms with Crippen LogP contribution in [-0.2, 0) is 16.0 Å². The molecule has 0 aliphatic rings. The molecule has 30 heavy (non-hydrogen) atoms. The molecule has 0 heterocycles. The van der Waals surface area contributed by atoms with Crippen LogP contribution in [0.4, 0.5) is 0 Å². The number of nitrogens with zero attached hydrogens (tertiary/aromatic N) is 1. The van der Waals surface area contributed by atoms with Crippen molar-refractivity contribution in [3.63, 3.8) is 0 Å². The van der Waals surface area contributed by atoms with Crippen molar-refractivity contribution in [1.29, 1.82) is 0 Å². The van der Waals surface area contributed by atoms with Crippen LogP contribution < -0.4 is 10.1 Å². The van der Waals surface area contributed by atoms with Gasteiger partial charge in [-0.05, 0) is 62.9 Å². The van der Waals surface area contributed by atoms with Crippen molar-refractivity contribution in [3.05, 3.63) is 64.1 Å². The quantitative estimate of drug-likeness (QED) is 0.550. The molecule has 1 N–H and O–H groups in total. The second kappa shape index (κ2) is 11.7. The van der Waals surface area contributed by atoms with Crippen LogP contribution in [0.3, 0.4) is 0 Å². The van der Waals surface area contributed by atoms with Crippen molar-refractivity contribution in [1.82, 2.24) is 10.2 Å². The highest BCUT2D eigenvalue weighted by atomic mass is 79.9. The van der Waals surface area contributed by atoms with Gasteiger partial charge in [0, 0.05) is 17.1 Å². The van der Waals surface area contributed by atoms with E-state index in [0.717, 1.165) is 22.0 Å². The van der Waals surface area contributed by atoms with Crippen molar-refractivity contribution in [2.75, 3.05) is 13.2 Å². The number of amides is 2. The van der Waals surface area contributed by atoms with E-state index in [0.29, 0.717) is 18.7 Å². The summed E-state index contributed by atoms with van der Waals surface area (Å²) < 4.78 is 6.71. The number of ether oxygens (including phenoxy) is 1. The molecule has 2 atom stereocenters. The molecule has 0 fully saturated rings. The van der Waals surface area contributed by atoms with Gasteiger partial charge in [0.1, 0.15) is 11.8 Å². The van der Waals surface area contributed by atoms with Crippen LogP contribution in [0.2, 0.25) is 0 Å². The van der Waals surface area contributed by atoms with Crippen molar-refractivity contribution >= 4 is 27.7 Å². The lowest BCUT2D eigenvalue weighted by atomic mass is 10.1. The molecule has 162 valence electrons. The molecule has 0 radical (unpaired) electrons. The van der Waals surface area contributed by atoms with Crippen molar-refractivity contribution < 1.29 is 14.3 Å². The first-order chi connectivity index (χ1) is 14.3. The second-order valence-electron chi connectivity index (χ2n) is 7.52. The van der Waals surface area contributed by atoms with Crippen LogP contribution in [0.5, 0.6) is 5.75 Å². The van der Waals surface area contributed by atoms with E-state index in [-0.39, 0.29) is 24.5 Å². The van der Waals surface area contributed by atoms with E-state index in [2.05, 4.69) is 21.2 Å². The van der Waals surface area contributed by atoms with Gasteiger partial charge in [-0.15, -0.1) is 0 Å². The molecule has 0 bridgehead atoms. The molecule has 0 spiro atoms. The number of hydrogen-bond donors (Lipinski definition) is 1. The summed E-state index contributed by atoms with van der Waals surface area (Å²) in [7, 11) is 0. The number of nitrogens with one attached hydrogen (secondary N) is 1. The molecule has 5 nitrogen and oxygen atoms in total. The number of carbonyl (C=O) groups is 2. The Morgan fingerprint density at radius 3 is 2.47 bits per heavy atom. The van der Waals surface area contributed by atoms with Crippen LogP contribution in [-0.4, -0.2) is 41.9 Å². The summed E-state index contributed by atoms with van der Waals surface area (Å²) in [5.41, 5.74) is 2.15. The first-order valence-corrected chi connectivity index (χ1v) is 11.1. The summed E-state index contributed by atoms with van der Waals surface area (Å²) in [6.45, 7) is 8.04. The third kappa shape index (κ3) is 7.17. The van der Waals surface area contributed by atoms with E-state index in [4.69, 9.17) is 4.74 Å². The first-order valence-electron chi connectivity index (χ1n) is 10.3. The van der Waals surface area contributed by atoms with Gasteiger partial charge in [-0.2, -0.15) is 0 Å². The number of rotatable bonds is 10. The minimum absolute atomic E-state index is 0.0630. The van der Waals surface area contributed by atoms with Gasteiger partial charge in [0.15, 0.2) is 6.61 Å². The fourth-order valence-electron chi connectivity index (χ4n) is 2.97. The van der Waals surface area contributed by atoms with Gasteiger partial charge in [0.05, 0.1) is 0 Å². The molecule has 2 amide bonds. The SMILES string of the molecule is CCC(C)NC(=O)C(C)N(CCc1ccccc1)C(=O)COc1ccc(Br)c(C)c1. The Labute approximate surface area is 187 Å². The topological polar surface area (TPSA) is 58.6 Å². The van der Waals surface area contributed by atoms with Crippen molar-refractivity contribution in [2.24, 2.45) is 0 Å². The standard InChI is InChI=1S/C24H31BrN2O3/c1-5-18(3)26-24(29)19(4)27(14-13-20-9-7-6-8-10-20)23(28)16-30-21-11-12-22(25)17(2)15-21/h6-12,15,18-19H,5,13-14,16H2,1-4H3,(H,26,29). The third-order valence-electron chi connectivity index (χ3n) is 5.14. The van der Waals surface area contributed by atoms with Gasteiger partial charge >= 0.3 is 0 Å². The zero-order valence-corrected chi connectivity index (χ0v) is 19.7. The summed E-state index contributed by atoms with van der Waals surface area (Å²) in [6, 6.07) is 15.0. The van der Waals surface area contributed by atoms with E-state index in [1.807, 2.05) is 69.3 Å². The fraction of sp³-hybridized carbons (Fsp3) is 0.417. The molecule has 2 aromatic rings. The number of aryl methyl sites for hydroxylation is 1. The predicted molar refractivity (Wildman–Crippen MR) is 124 cm³/mol. The third-order valence-corrected chi connectivity index (χ3v) is 6.03. The Kier molecular flexibility index (Phi) is 9.37. The number of benzene rings is 2. The molecule has 2 rings (SSSR count). The van der Waals surface area contributed by atoms with Gasteiger partial charge < -0.3 is 15.0 Å². The van der Waals surface area contributed by atoms with Crippen LogP contribution in [0.25, 0.3) is 0 Å². The van der Waals surface area contributed by atoms with Gasteiger partial charge in [-0.1, -0.05) is 53.2 Å². The first kappa shape index (κ1) is 23.9. The molecule has 0 saturated heterocycles. The van der Waals surface area contributed by atoms with E-state index in [1.54, 1.807) is 11.8 Å². The monoisotopic (exact) mass is 474 g/mol. The zero-order valence-electron chi connectivity index (χ0n) is 18.2. The molecular formula is C24H31BrN2O3. The minimum atomic E-state index is -0.578. The highest BCUT2D eigenvalue weighted by Gasteiger charge is 2.26. The summed E-state index contributed by atoms with van der Waals surface area (Å²) >= 11 is 3.46. The minimum Gasteiger partial charge on any atom is -0.484 e. The number of halogens is 1. The van der Waals surface area contributed by atoms with Gasteiger partial charge in [0.25, 0.3) is 5.91 Å². The van der Waals surface area contributed by atoms with Crippen LogP contribution >= 0.6 is 15.9 Å². The molecule has 2 unspecified atom stereocenters. The maximum absolute atomic E-state index is 13.0. The smallest absolute Gasteiger partial charge is 0.261 e. The van der Waals surface area contributed by atoms with E-state index in [9.17, 15) is 9.59 Å². The van der Waals surface area contributed by atoms with Gasteiger partial charge in [-0.3, -0.25) is 9.59 Å². The average molecular weight is 475 g/mol. The highest BCUT2D eigenvalue weighted by Crippen LogP contribution is 2.21. The average Bonchev–Trinajstić information content (AvgIpc) is 2.75. The second-order valence-corrected chi connectivity index (χ2v) is 8.37. The highest BCUT2D eigenvalue weighted by molar-refractivity contribution is 9.10. The van der Waals surface area contributed by atoms with Crippen LogP contribution in [0, 0.1) is 6.92 Å². The molecule has 0 saturated carbocycles. The summed E-state index contributed by atoms with van der Waals surface area (Å²) in [5, 5.41) is 2.97. The Morgan fingerprint density at radius 2 is 1.83 bits per heavy atom. The van der Waals surface area contributed by atoms with Gasteiger partial charge in [-0.25, -0.2) is 0 Å². The van der Waals surface area contributed by atoms with E-state index >= 15 is 0 Å². The number of hydrogen-bond acceptors (Lipinski definition) is 3. The predicted octanol–water partition coefficient (Wildman–Crippen LogP) is 4.51. The zero-order chi connectivity index (χ0) is 22.1. The van der Waals surface area contributed by atoms with Crippen molar-refractivity contribution in [3.8, 4) is 5.75 Å².